The minimum atomic E-state index is -4.89. The van der Waals surface area contributed by atoms with Crippen LogP contribution in [0.5, 0.6) is 0 Å². The van der Waals surface area contributed by atoms with Crippen LogP contribution in [-0.2, 0) is 16.0 Å². The summed E-state index contributed by atoms with van der Waals surface area (Å²) >= 11 is 9.55. The van der Waals surface area contributed by atoms with Gasteiger partial charge in [0.15, 0.2) is 0 Å². The summed E-state index contributed by atoms with van der Waals surface area (Å²) in [5, 5.41) is 0.601. The van der Waals surface area contributed by atoms with Gasteiger partial charge in [-0.1, -0.05) is 46.3 Å². The quantitative estimate of drug-likeness (QED) is 0.600. The summed E-state index contributed by atoms with van der Waals surface area (Å²) in [5.74, 6) is -1.57. The number of carbonyl (C=O) groups is 1. The number of carbonyl (C=O) groups excluding carboxylic acids is 1. The van der Waals surface area contributed by atoms with Crippen molar-refractivity contribution >= 4 is 33.4 Å². The van der Waals surface area contributed by atoms with E-state index in [9.17, 15) is 18.0 Å². The molecular weight excluding hydrogens is 435 g/mol. The molecule has 0 atom stereocenters. The van der Waals surface area contributed by atoms with E-state index in [1.165, 1.54) is 0 Å². The maximum atomic E-state index is 12.5. The SMILES string of the molecule is C=CC(=CC=C1CN(C(=O)C(F)(F)F)CCO1)Cc1cc(Br)ccc1Cl. The van der Waals surface area contributed by atoms with Crippen LogP contribution in [0.1, 0.15) is 5.56 Å². The van der Waals surface area contributed by atoms with Crippen LogP contribution in [0, 0.1) is 0 Å². The monoisotopic (exact) mass is 449 g/mol. The van der Waals surface area contributed by atoms with Crippen LogP contribution in [0.4, 0.5) is 13.2 Å². The smallest absolute Gasteiger partial charge is 0.471 e. The van der Waals surface area contributed by atoms with Crippen LogP contribution >= 0.6 is 27.5 Å². The summed E-state index contributed by atoms with van der Waals surface area (Å²) in [6, 6.07) is 5.48. The highest BCUT2D eigenvalue weighted by atomic mass is 79.9. The maximum Gasteiger partial charge on any atom is 0.471 e. The summed E-state index contributed by atoms with van der Waals surface area (Å²) in [6.45, 7) is 3.44. The fraction of sp³-hybridized carbons (Fsp3) is 0.278. The van der Waals surface area contributed by atoms with Gasteiger partial charge in [0.25, 0.3) is 0 Å². The van der Waals surface area contributed by atoms with E-state index in [1.54, 1.807) is 24.3 Å². The number of halogens is 5. The first-order valence-corrected chi connectivity index (χ1v) is 8.83. The fourth-order valence-corrected chi connectivity index (χ4v) is 2.94. The Morgan fingerprint density at radius 3 is 2.81 bits per heavy atom. The average molecular weight is 451 g/mol. The lowest BCUT2D eigenvalue weighted by atomic mass is 10.0. The van der Waals surface area contributed by atoms with Gasteiger partial charge < -0.3 is 9.64 Å². The molecule has 0 saturated carbocycles. The van der Waals surface area contributed by atoms with Crippen molar-refractivity contribution in [3.05, 3.63) is 69.4 Å². The normalized spacial score (nSPS) is 17.2. The molecule has 140 valence electrons. The zero-order valence-electron chi connectivity index (χ0n) is 13.7. The van der Waals surface area contributed by atoms with Crippen LogP contribution in [0.15, 0.2) is 58.8 Å². The summed E-state index contributed by atoms with van der Waals surface area (Å²) < 4.78 is 43.9. The fourth-order valence-electron chi connectivity index (χ4n) is 2.35. The molecule has 0 unspecified atom stereocenters. The first kappa shape index (κ1) is 20.6. The minimum absolute atomic E-state index is 0.0162. The number of morpholine rings is 1. The van der Waals surface area contributed by atoms with Crippen LogP contribution in [0.2, 0.25) is 5.02 Å². The number of amides is 1. The molecule has 26 heavy (non-hydrogen) atoms. The standard InChI is InChI=1S/C18H16BrClF3NO2/c1-2-12(9-13-10-14(19)4-6-16(13)20)3-5-15-11-24(7-8-26-15)17(25)18(21,22)23/h2-6,10H,1,7-9,11H2. The van der Waals surface area contributed by atoms with Gasteiger partial charge in [-0.15, -0.1) is 0 Å². The molecule has 1 aromatic rings. The maximum absolute atomic E-state index is 12.5. The Morgan fingerprint density at radius 2 is 2.15 bits per heavy atom. The average Bonchev–Trinajstić information content (AvgIpc) is 2.60. The molecule has 0 spiro atoms. The van der Waals surface area contributed by atoms with Crippen LogP contribution in [0.25, 0.3) is 0 Å². The Morgan fingerprint density at radius 1 is 1.42 bits per heavy atom. The lowest BCUT2D eigenvalue weighted by molar-refractivity contribution is -0.187. The third-order valence-electron chi connectivity index (χ3n) is 3.67. The highest BCUT2D eigenvalue weighted by molar-refractivity contribution is 9.10. The number of ether oxygens (including phenoxy) is 1. The van der Waals surface area contributed by atoms with E-state index < -0.39 is 12.1 Å². The predicted octanol–water partition coefficient (Wildman–Crippen LogP) is 5.06. The molecule has 1 aromatic carbocycles. The van der Waals surface area contributed by atoms with E-state index in [2.05, 4.69) is 22.5 Å². The van der Waals surface area contributed by atoms with Gasteiger partial charge in [0.1, 0.15) is 12.4 Å². The van der Waals surface area contributed by atoms with Crippen LogP contribution in [-0.4, -0.2) is 36.7 Å². The molecular formula is C18H16BrClF3NO2. The predicted molar refractivity (Wildman–Crippen MR) is 97.8 cm³/mol. The molecule has 1 heterocycles. The van der Waals surface area contributed by atoms with Gasteiger partial charge in [-0.2, -0.15) is 13.2 Å². The first-order valence-electron chi connectivity index (χ1n) is 7.65. The molecule has 0 bridgehead atoms. The van der Waals surface area contributed by atoms with Crippen molar-refractivity contribution in [3.8, 4) is 0 Å². The number of benzene rings is 1. The Labute approximate surface area is 162 Å². The van der Waals surface area contributed by atoms with Gasteiger partial charge in [0.2, 0.25) is 0 Å². The van der Waals surface area contributed by atoms with E-state index in [-0.39, 0.29) is 25.5 Å². The third kappa shape index (κ3) is 5.64. The number of hydrogen-bond donors (Lipinski definition) is 0. The minimum Gasteiger partial charge on any atom is -0.494 e. The van der Waals surface area contributed by atoms with Crippen molar-refractivity contribution in [2.75, 3.05) is 19.7 Å². The summed E-state index contributed by atoms with van der Waals surface area (Å²) in [6.07, 6.45) is 0.494. The second kappa shape index (κ2) is 8.77. The van der Waals surface area contributed by atoms with E-state index in [1.807, 2.05) is 12.1 Å². The molecule has 2 rings (SSSR count). The van der Waals surface area contributed by atoms with Crippen molar-refractivity contribution in [2.45, 2.75) is 12.6 Å². The zero-order valence-corrected chi connectivity index (χ0v) is 16.0. The molecule has 3 nitrogen and oxygen atoms in total. The van der Waals surface area contributed by atoms with Crippen molar-refractivity contribution in [2.24, 2.45) is 0 Å². The molecule has 0 radical (unpaired) electrons. The number of alkyl halides is 3. The third-order valence-corrected chi connectivity index (χ3v) is 4.53. The van der Waals surface area contributed by atoms with E-state index in [0.29, 0.717) is 11.4 Å². The molecule has 1 aliphatic rings. The molecule has 0 N–H and O–H groups in total. The summed E-state index contributed by atoms with van der Waals surface area (Å²) in [5.41, 5.74) is 1.68. The van der Waals surface area contributed by atoms with Gasteiger partial charge >= 0.3 is 12.1 Å². The molecule has 1 aliphatic heterocycles. The molecule has 1 saturated heterocycles. The van der Waals surface area contributed by atoms with Gasteiger partial charge in [-0.25, -0.2) is 0 Å². The lowest BCUT2D eigenvalue weighted by Gasteiger charge is -2.29. The second-order valence-electron chi connectivity index (χ2n) is 5.56. The topological polar surface area (TPSA) is 29.5 Å². The van der Waals surface area contributed by atoms with E-state index >= 15 is 0 Å². The Kier molecular flexibility index (Phi) is 6.94. The highest BCUT2D eigenvalue weighted by Gasteiger charge is 2.43. The van der Waals surface area contributed by atoms with Crippen molar-refractivity contribution in [1.82, 2.24) is 4.90 Å². The lowest BCUT2D eigenvalue weighted by Crippen LogP contribution is -2.46. The molecule has 1 amide bonds. The molecule has 1 fully saturated rings. The van der Waals surface area contributed by atoms with Gasteiger partial charge in [-0.3, -0.25) is 4.79 Å². The van der Waals surface area contributed by atoms with Gasteiger partial charge in [0, 0.05) is 9.50 Å². The molecule has 0 aliphatic carbocycles. The highest BCUT2D eigenvalue weighted by Crippen LogP contribution is 2.24. The molecule has 0 aromatic heterocycles. The van der Waals surface area contributed by atoms with Crippen LogP contribution in [0.3, 0.4) is 0 Å². The number of allylic oxidation sites excluding steroid dienone is 4. The first-order chi connectivity index (χ1) is 12.2. The Bertz CT molecular complexity index is 759. The van der Waals surface area contributed by atoms with Crippen molar-refractivity contribution < 1.29 is 22.7 Å². The number of hydrogen-bond acceptors (Lipinski definition) is 2. The molecule has 8 heteroatoms. The van der Waals surface area contributed by atoms with Crippen LogP contribution < -0.4 is 0 Å². The largest absolute Gasteiger partial charge is 0.494 e. The zero-order chi connectivity index (χ0) is 19.3. The Hall–Kier alpha value is -1.73. The van der Waals surface area contributed by atoms with Crippen molar-refractivity contribution in [3.63, 3.8) is 0 Å². The van der Waals surface area contributed by atoms with E-state index in [0.717, 1.165) is 20.5 Å². The summed E-state index contributed by atoms with van der Waals surface area (Å²) in [4.78, 5) is 12.1. The van der Waals surface area contributed by atoms with E-state index in [4.69, 9.17) is 16.3 Å². The Balaban J connectivity index is 2.12. The number of nitrogens with zero attached hydrogens (tertiary/aromatic N) is 1. The van der Waals surface area contributed by atoms with Crippen molar-refractivity contribution in [1.29, 1.82) is 0 Å². The van der Waals surface area contributed by atoms with Gasteiger partial charge in [0.05, 0.1) is 13.1 Å². The second-order valence-corrected chi connectivity index (χ2v) is 6.89. The van der Waals surface area contributed by atoms with Gasteiger partial charge in [-0.05, 0) is 41.8 Å². The number of rotatable bonds is 4. The summed E-state index contributed by atoms with van der Waals surface area (Å²) in [7, 11) is 0.